The van der Waals surface area contributed by atoms with Gasteiger partial charge in [0, 0.05) is 13.0 Å². The number of esters is 1. The molecular weight excluding hydrogens is 252 g/mol. The predicted octanol–water partition coefficient (Wildman–Crippen LogP) is 2.22. The van der Waals surface area contributed by atoms with Gasteiger partial charge in [-0.05, 0) is 12.0 Å². The highest BCUT2D eigenvalue weighted by atomic mass is 35.5. The molecule has 1 heterocycles. The van der Waals surface area contributed by atoms with Gasteiger partial charge < -0.3 is 9.64 Å². The molecule has 1 atom stereocenters. The lowest BCUT2D eigenvalue weighted by Gasteiger charge is -2.24. The summed E-state index contributed by atoms with van der Waals surface area (Å²) in [6.07, 6.45) is 1.32. The number of carbonyl (C=O) groups excluding carboxylic acids is 1. The number of carbonyl (C=O) groups is 1. The summed E-state index contributed by atoms with van der Waals surface area (Å²) in [5, 5.41) is 7.87. The van der Waals surface area contributed by atoms with E-state index < -0.39 is 0 Å². The van der Waals surface area contributed by atoms with Crippen LogP contribution in [0.4, 0.5) is 0 Å². The van der Waals surface area contributed by atoms with Gasteiger partial charge in [-0.3, -0.25) is 5.41 Å². The van der Waals surface area contributed by atoms with Crippen LogP contribution in [0.1, 0.15) is 18.4 Å². The van der Waals surface area contributed by atoms with Gasteiger partial charge in [0.05, 0.1) is 12.9 Å². The molecule has 98 valence electrons. The lowest BCUT2D eigenvalue weighted by atomic mass is 10.2. The van der Waals surface area contributed by atoms with E-state index in [9.17, 15) is 4.79 Å². The highest BCUT2D eigenvalue weighted by Gasteiger charge is 2.34. The molecule has 1 aromatic carbocycles. The summed E-state index contributed by atoms with van der Waals surface area (Å²) < 4.78 is 4.77. The topological polar surface area (TPSA) is 53.4 Å². The number of amidine groups is 1. The maximum absolute atomic E-state index is 11.6. The number of methoxy groups -OCH3 is 1. The number of likely N-dealkylation sites (tertiary alicyclic amines) is 1. The van der Waals surface area contributed by atoms with Crippen molar-refractivity contribution in [3.05, 3.63) is 35.9 Å². The van der Waals surface area contributed by atoms with Gasteiger partial charge in [-0.25, -0.2) is 4.79 Å². The fourth-order valence-corrected chi connectivity index (χ4v) is 2.13. The van der Waals surface area contributed by atoms with Crippen LogP contribution < -0.4 is 0 Å². The Labute approximate surface area is 113 Å². The summed E-state index contributed by atoms with van der Waals surface area (Å²) in [7, 11) is 1.39. The molecule has 4 nitrogen and oxygen atoms in total. The van der Waals surface area contributed by atoms with Gasteiger partial charge in [-0.1, -0.05) is 30.3 Å². The maximum Gasteiger partial charge on any atom is 0.328 e. The number of halogens is 1. The lowest BCUT2D eigenvalue weighted by molar-refractivity contribution is -0.145. The number of nitrogens with one attached hydrogen (secondary N) is 1. The van der Waals surface area contributed by atoms with Crippen molar-refractivity contribution in [3.8, 4) is 0 Å². The Morgan fingerprint density at radius 2 is 2.11 bits per heavy atom. The Kier molecular flexibility index (Phi) is 5.16. The monoisotopic (exact) mass is 268 g/mol. The van der Waals surface area contributed by atoms with Crippen molar-refractivity contribution >= 4 is 24.2 Å². The van der Waals surface area contributed by atoms with E-state index in [1.165, 1.54) is 7.11 Å². The van der Waals surface area contributed by atoms with Gasteiger partial charge in [0.25, 0.3) is 0 Å². The molecule has 0 unspecified atom stereocenters. The molecule has 0 aliphatic carbocycles. The third-order valence-electron chi connectivity index (χ3n) is 3.05. The van der Waals surface area contributed by atoms with E-state index in [0.29, 0.717) is 25.2 Å². The second-order valence-electron chi connectivity index (χ2n) is 4.14. The molecular formula is C13H17ClN2O2. The van der Waals surface area contributed by atoms with E-state index in [0.717, 1.165) is 5.56 Å². The van der Waals surface area contributed by atoms with Crippen molar-refractivity contribution < 1.29 is 9.53 Å². The maximum atomic E-state index is 11.6. The number of ether oxygens (including phenoxy) is 1. The van der Waals surface area contributed by atoms with Gasteiger partial charge in [-0.2, -0.15) is 0 Å². The number of hydrogen-bond donors (Lipinski definition) is 1. The molecule has 2 rings (SSSR count). The van der Waals surface area contributed by atoms with Crippen LogP contribution in [-0.2, 0) is 16.1 Å². The van der Waals surface area contributed by atoms with Crippen molar-refractivity contribution in [2.45, 2.75) is 25.4 Å². The van der Waals surface area contributed by atoms with E-state index in [-0.39, 0.29) is 24.4 Å². The van der Waals surface area contributed by atoms with E-state index in [1.54, 1.807) is 0 Å². The van der Waals surface area contributed by atoms with E-state index in [2.05, 4.69) is 0 Å². The summed E-state index contributed by atoms with van der Waals surface area (Å²) in [5.74, 6) is 0.271. The third-order valence-corrected chi connectivity index (χ3v) is 3.05. The summed E-state index contributed by atoms with van der Waals surface area (Å²) >= 11 is 0. The van der Waals surface area contributed by atoms with Crippen LogP contribution in [0, 0.1) is 5.41 Å². The normalized spacial score (nSPS) is 18.4. The van der Waals surface area contributed by atoms with E-state index >= 15 is 0 Å². The number of nitrogens with zero attached hydrogens (tertiary/aromatic N) is 1. The van der Waals surface area contributed by atoms with Gasteiger partial charge >= 0.3 is 5.97 Å². The molecule has 0 saturated carbocycles. The number of hydrogen-bond acceptors (Lipinski definition) is 3. The molecule has 1 aliphatic rings. The molecule has 1 N–H and O–H groups in total. The zero-order chi connectivity index (χ0) is 12.3. The van der Waals surface area contributed by atoms with Crippen LogP contribution in [0.15, 0.2) is 30.3 Å². The van der Waals surface area contributed by atoms with Gasteiger partial charge in [0.1, 0.15) is 6.04 Å². The van der Waals surface area contributed by atoms with Crippen LogP contribution in [0.3, 0.4) is 0 Å². The average molecular weight is 269 g/mol. The van der Waals surface area contributed by atoms with Crippen LogP contribution >= 0.6 is 12.4 Å². The quantitative estimate of drug-likeness (QED) is 0.856. The number of rotatable bonds is 3. The Bertz CT molecular complexity index is 422. The molecule has 0 spiro atoms. The van der Waals surface area contributed by atoms with E-state index in [4.69, 9.17) is 10.1 Å². The lowest BCUT2D eigenvalue weighted by Crippen LogP contribution is -2.38. The van der Waals surface area contributed by atoms with Crippen molar-refractivity contribution in [1.29, 1.82) is 5.41 Å². The smallest absolute Gasteiger partial charge is 0.328 e. The summed E-state index contributed by atoms with van der Waals surface area (Å²) in [6.45, 7) is 0.597. The molecule has 5 heteroatoms. The standard InChI is InChI=1S/C13H16N2O2.ClH/c1-17-13(16)11-7-8-12(14)15(11)9-10-5-3-2-4-6-10;/h2-6,11,14H,7-9H2,1H3;1H/t11-;/m0./s1. The molecule has 1 fully saturated rings. The first-order valence-electron chi connectivity index (χ1n) is 5.68. The number of benzene rings is 1. The highest BCUT2D eigenvalue weighted by Crippen LogP contribution is 2.22. The molecule has 18 heavy (non-hydrogen) atoms. The van der Waals surface area contributed by atoms with Crippen molar-refractivity contribution in [1.82, 2.24) is 4.90 Å². The van der Waals surface area contributed by atoms with Crippen LogP contribution in [0.5, 0.6) is 0 Å². The first-order valence-corrected chi connectivity index (χ1v) is 5.68. The zero-order valence-electron chi connectivity index (χ0n) is 10.3. The van der Waals surface area contributed by atoms with Crippen LogP contribution in [0.25, 0.3) is 0 Å². The minimum absolute atomic E-state index is 0. The molecule has 0 radical (unpaired) electrons. The first-order chi connectivity index (χ1) is 8.22. The minimum atomic E-state index is -0.298. The summed E-state index contributed by atoms with van der Waals surface area (Å²) in [6, 6.07) is 9.58. The van der Waals surface area contributed by atoms with Crippen molar-refractivity contribution in [2.75, 3.05) is 7.11 Å². The van der Waals surface area contributed by atoms with Crippen LogP contribution in [0.2, 0.25) is 0 Å². The fourth-order valence-electron chi connectivity index (χ4n) is 2.13. The van der Waals surface area contributed by atoms with Crippen LogP contribution in [-0.4, -0.2) is 29.9 Å². The Hall–Kier alpha value is -1.55. The Morgan fingerprint density at radius 3 is 2.72 bits per heavy atom. The van der Waals surface area contributed by atoms with Crippen molar-refractivity contribution in [2.24, 2.45) is 0 Å². The predicted molar refractivity (Wildman–Crippen MR) is 72.0 cm³/mol. The highest BCUT2D eigenvalue weighted by molar-refractivity contribution is 5.89. The average Bonchev–Trinajstić information content (AvgIpc) is 2.72. The van der Waals surface area contributed by atoms with Gasteiger partial charge in [0.2, 0.25) is 0 Å². The Balaban J connectivity index is 0.00000162. The molecule has 0 amide bonds. The fraction of sp³-hybridized carbons (Fsp3) is 0.385. The summed E-state index contributed by atoms with van der Waals surface area (Å²) in [5.41, 5.74) is 1.10. The SMILES string of the molecule is COC(=O)[C@@H]1CCC(=N)N1Cc1ccccc1.Cl. The third kappa shape index (κ3) is 3.01. The molecule has 1 aromatic rings. The van der Waals surface area contributed by atoms with Gasteiger partial charge in [0.15, 0.2) is 0 Å². The molecule has 0 bridgehead atoms. The second-order valence-corrected chi connectivity index (χ2v) is 4.14. The summed E-state index contributed by atoms with van der Waals surface area (Å²) in [4.78, 5) is 13.4. The molecule has 0 aromatic heterocycles. The van der Waals surface area contributed by atoms with Crippen molar-refractivity contribution in [3.63, 3.8) is 0 Å². The Morgan fingerprint density at radius 1 is 1.44 bits per heavy atom. The molecule has 1 saturated heterocycles. The molecule has 1 aliphatic heterocycles. The van der Waals surface area contributed by atoms with E-state index in [1.807, 2.05) is 35.2 Å². The van der Waals surface area contributed by atoms with Gasteiger partial charge in [-0.15, -0.1) is 12.4 Å². The largest absolute Gasteiger partial charge is 0.467 e. The second kappa shape index (κ2) is 6.40. The minimum Gasteiger partial charge on any atom is -0.467 e. The zero-order valence-corrected chi connectivity index (χ0v) is 11.1. The first kappa shape index (κ1) is 14.5.